The third-order valence-electron chi connectivity index (χ3n) is 5.68. The zero-order valence-corrected chi connectivity index (χ0v) is 15.7. The van der Waals surface area contributed by atoms with Gasteiger partial charge in [0.05, 0.1) is 12.2 Å². The van der Waals surface area contributed by atoms with Crippen LogP contribution in [0.3, 0.4) is 0 Å². The van der Waals surface area contributed by atoms with E-state index in [9.17, 15) is 9.59 Å². The van der Waals surface area contributed by atoms with E-state index in [4.69, 9.17) is 5.10 Å². The molecule has 1 aliphatic heterocycles. The molecule has 2 amide bonds. The predicted octanol–water partition coefficient (Wildman–Crippen LogP) is 1.75. The second kappa shape index (κ2) is 7.55. The Morgan fingerprint density at radius 1 is 1.22 bits per heavy atom. The molecule has 6 heteroatoms. The molecule has 142 valence electrons. The van der Waals surface area contributed by atoms with E-state index in [0.29, 0.717) is 31.3 Å². The number of hydrogen-bond acceptors (Lipinski definition) is 3. The van der Waals surface area contributed by atoms with Crippen molar-refractivity contribution in [3.63, 3.8) is 0 Å². The number of hydrogen-bond donors (Lipinski definition) is 1. The molecule has 0 saturated carbocycles. The molecule has 1 aliphatic carbocycles. The van der Waals surface area contributed by atoms with Crippen molar-refractivity contribution in [1.29, 1.82) is 0 Å². The zero-order chi connectivity index (χ0) is 18.8. The second-order valence-corrected chi connectivity index (χ2v) is 7.64. The highest BCUT2D eigenvalue weighted by atomic mass is 16.2. The van der Waals surface area contributed by atoms with Crippen LogP contribution in [0.25, 0.3) is 0 Å². The SMILES string of the molecule is CC(=O)NCCn1cc2c(n1)[C@H]1CN(C(=O)CCc3ccccc3)C[C@H]1C2. The maximum absolute atomic E-state index is 12.6. The number of amides is 2. The number of carbonyl (C=O) groups is 2. The maximum Gasteiger partial charge on any atom is 0.222 e. The Morgan fingerprint density at radius 2 is 2.04 bits per heavy atom. The molecule has 6 nitrogen and oxygen atoms in total. The molecular formula is C21H26N4O2. The van der Waals surface area contributed by atoms with Gasteiger partial charge in [0.1, 0.15) is 0 Å². The molecule has 0 unspecified atom stereocenters. The highest BCUT2D eigenvalue weighted by molar-refractivity contribution is 5.77. The van der Waals surface area contributed by atoms with E-state index in [2.05, 4.69) is 23.6 Å². The fourth-order valence-electron chi connectivity index (χ4n) is 4.34. The summed E-state index contributed by atoms with van der Waals surface area (Å²) in [6, 6.07) is 10.2. The Labute approximate surface area is 159 Å². The van der Waals surface area contributed by atoms with Crippen LogP contribution >= 0.6 is 0 Å². The van der Waals surface area contributed by atoms with E-state index in [1.165, 1.54) is 18.1 Å². The van der Waals surface area contributed by atoms with Crippen LogP contribution in [0.1, 0.15) is 36.1 Å². The van der Waals surface area contributed by atoms with Gasteiger partial charge in [-0.15, -0.1) is 0 Å². The minimum absolute atomic E-state index is 0.0183. The lowest BCUT2D eigenvalue weighted by atomic mass is 9.99. The molecular weight excluding hydrogens is 340 g/mol. The molecule has 4 rings (SSSR count). The molecule has 1 aromatic heterocycles. The average molecular weight is 366 g/mol. The van der Waals surface area contributed by atoms with Gasteiger partial charge in [0.25, 0.3) is 0 Å². The van der Waals surface area contributed by atoms with Crippen molar-refractivity contribution in [3.05, 3.63) is 53.3 Å². The Morgan fingerprint density at radius 3 is 2.81 bits per heavy atom. The summed E-state index contributed by atoms with van der Waals surface area (Å²) in [7, 11) is 0. The molecule has 2 atom stereocenters. The topological polar surface area (TPSA) is 67.2 Å². The monoisotopic (exact) mass is 366 g/mol. The smallest absolute Gasteiger partial charge is 0.222 e. The van der Waals surface area contributed by atoms with Crippen LogP contribution in [0, 0.1) is 5.92 Å². The minimum Gasteiger partial charge on any atom is -0.354 e. The summed E-state index contributed by atoms with van der Waals surface area (Å²) in [5.41, 5.74) is 3.68. The van der Waals surface area contributed by atoms with Crippen LogP contribution in [-0.4, -0.2) is 46.1 Å². The fourth-order valence-corrected chi connectivity index (χ4v) is 4.34. The van der Waals surface area contributed by atoms with Crippen molar-refractivity contribution in [2.45, 2.75) is 38.6 Å². The van der Waals surface area contributed by atoms with E-state index in [0.717, 1.165) is 31.6 Å². The lowest BCUT2D eigenvalue weighted by molar-refractivity contribution is -0.130. The maximum atomic E-state index is 12.6. The molecule has 2 aromatic rings. The van der Waals surface area contributed by atoms with Gasteiger partial charge < -0.3 is 10.2 Å². The summed E-state index contributed by atoms with van der Waals surface area (Å²) >= 11 is 0. The van der Waals surface area contributed by atoms with Crippen LogP contribution in [0.15, 0.2) is 36.5 Å². The molecule has 1 fully saturated rings. The summed E-state index contributed by atoms with van der Waals surface area (Å²) < 4.78 is 1.93. The lowest BCUT2D eigenvalue weighted by Gasteiger charge is -2.17. The lowest BCUT2D eigenvalue weighted by Crippen LogP contribution is -2.29. The standard InChI is InChI=1S/C21H26N4O2/c1-15(26)22-9-10-25-13-18-11-17-12-24(14-19(17)21(18)23-25)20(27)8-7-16-5-3-2-4-6-16/h2-6,13,17,19H,7-12,14H2,1H3,(H,22,26)/t17-,19+/m1/s1. The molecule has 0 bridgehead atoms. The third-order valence-corrected chi connectivity index (χ3v) is 5.68. The van der Waals surface area contributed by atoms with Crippen LogP contribution in [0.4, 0.5) is 0 Å². The first-order chi connectivity index (χ1) is 13.1. The van der Waals surface area contributed by atoms with E-state index in [1.807, 2.05) is 27.8 Å². The van der Waals surface area contributed by atoms with E-state index in [1.54, 1.807) is 0 Å². The van der Waals surface area contributed by atoms with Gasteiger partial charge in [0, 0.05) is 45.1 Å². The normalized spacial score (nSPS) is 20.4. The van der Waals surface area contributed by atoms with E-state index >= 15 is 0 Å². The number of likely N-dealkylation sites (tertiary alicyclic amines) is 1. The van der Waals surface area contributed by atoms with Crippen LogP contribution < -0.4 is 5.32 Å². The Bertz CT molecular complexity index is 830. The summed E-state index contributed by atoms with van der Waals surface area (Å²) in [5.74, 6) is 1.10. The first-order valence-electron chi connectivity index (χ1n) is 9.72. The zero-order valence-electron chi connectivity index (χ0n) is 15.7. The summed E-state index contributed by atoms with van der Waals surface area (Å²) in [4.78, 5) is 25.6. The van der Waals surface area contributed by atoms with E-state index < -0.39 is 0 Å². The van der Waals surface area contributed by atoms with Gasteiger partial charge in [-0.25, -0.2) is 0 Å². The van der Waals surface area contributed by atoms with Crippen LogP contribution in [0.2, 0.25) is 0 Å². The first-order valence-corrected chi connectivity index (χ1v) is 9.72. The molecule has 1 N–H and O–H groups in total. The third kappa shape index (κ3) is 3.89. The van der Waals surface area contributed by atoms with Crippen molar-refractivity contribution in [1.82, 2.24) is 20.0 Å². The van der Waals surface area contributed by atoms with Crippen molar-refractivity contribution in [2.24, 2.45) is 5.92 Å². The number of nitrogens with one attached hydrogen (secondary N) is 1. The quantitative estimate of drug-likeness (QED) is 0.847. The number of rotatable bonds is 6. The molecule has 0 radical (unpaired) electrons. The number of fused-ring (bicyclic) bond motifs is 3. The fraction of sp³-hybridized carbons (Fsp3) is 0.476. The number of carbonyl (C=O) groups excluding carboxylic acids is 2. The highest BCUT2D eigenvalue weighted by Gasteiger charge is 2.43. The minimum atomic E-state index is -0.0183. The van der Waals surface area contributed by atoms with Crippen molar-refractivity contribution in [2.75, 3.05) is 19.6 Å². The molecule has 1 aromatic carbocycles. The van der Waals surface area contributed by atoms with Crippen molar-refractivity contribution < 1.29 is 9.59 Å². The van der Waals surface area contributed by atoms with Gasteiger partial charge >= 0.3 is 0 Å². The average Bonchev–Trinajstić information content (AvgIpc) is 3.31. The van der Waals surface area contributed by atoms with Crippen molar-refractivity contribution >= 4 is 11.8 Å². The molecule has 1 saturated heterocycles. The molecule has 0 spiro atoms. The Kier molecular flexibility index (Phi) is 4.97. The predicted molar refractivity (Wildman–Crippen MR) is 102 cm³/mol. The summed E-state index contributed by atoms with van der Waals surface area (Å²) in [5, 5.41) is 7.55. The largest absolute Gasteiger partial charge is 0.354 e. The molecule has 2 heterocycles. The Hall–Kier alpha value is -2.63. The number of aryl methyl sites for hydroxylation is 1. The van der Waals surface area contributed by atoms with Gasteiger partial charge in [-0.05, 0) is 29.9 Å². The van der Waals surface area contributed by atoms with Gasteiger partial charge in [-0.1, -0.05) is 30.3 Å². The number of nitrogens with zero attached hydrogens (tertiary/aromatic N) is 3. The second-order valence-electron chi connectivity index (χ2n) is 7.64. The number of aromatic nitrogens is 2. The Balaban J connectivity index is 1.32. The van der Waals surface area contributed by atoms with Crippen LogP contribution in [0.5, 0.6) is 0 Å². The molecule has 27 heavy (non-hydrogen) atoms. The van der Waals surface area contributed by atoms with Crippen LogP contribution in [-0.2, 0) is 29.0 Å². The highest BCUT2D eigenvalue weighted by Crippen LogP contribution is 2.42. The van der Waals surface area contributed by atoms with Gasteiger partial charge in [-0.2, -0.15) is 5.10 Å². The molecule has 2 aliphatic rings. The first kappa shape index (κ1) is 17.8. The van der Waals surface area contributed by atoms with Gasteiger partial charge in [-0.3, -0.25) is 14.3 Å². The number of benzene rings is 1. The van der Waals surface area contributed by atoms with E-state index in [-0.39, 0.29) is 11.8 Å². The van der Waals surface area contributed by atoms with Crippen molar-refractivity contribution in [3.8, 4) is 0 Å². The van der Waals surface area contributed by atoms with Gasteiger partial charge in [0.15, 0.2) is 0 Å². The summed E-state index contributed by atoms with van der Waals surface area (Å²) in [6.45, 7) is 4.43. The summed E-state index contributed by atoms with van der Waals surface area (Å²) in [6.07, 6.45) is 4.48. The van der Waals surface area contributed by atoms with Gasteiger partial charge in [0.2, 0.25) is 11.8 Å².